The summed E-state index contributed by atoms with van der Waals surface area (Å²) in [5.41, 5.74) is 1.35. The molecule has 2 aromatic carbocycles. The van der Waals surface area contributed by atoms with Gasteiger partial charge in [-0.1, -0.05) is 35.9 Å². The van der Waals surface area contributed by atoms with Gasteiger partial charge in [0.15, 0.2) is 0 Å². The number of amides is 2. The molecule has 0 aromatic heterocycles. The van der Waals surface area contributed by atoms with Crippen LogP contribution >= 0.6 is 11.6 Å². The first-order valence-corrected chi connectivity index (χ1v) is 7.92. The van der Waals surface area contributed by atoms with Crippen molar-refractivity contribution in [3.05, 3.63) is 82.4 Å². The number of imide groups is 1. The van der Waals surface area contributed by atoms with Crippen LogP contribution in [-0.4, -0.2) is 29.2 Å². The summed E-state index contributed by atoms with van der Waals surface area (Å²) in [4.78, 5) is 37.7. The Balaban J connectivity index is 1.78. The van der Waals surface area contributed by atoms with Crippen LogP contribution in [0.5, 0.6) is 0 Å². The number of rotatable bonds is 5. The summed E-state index contributed by atoms with van der Waals surface area (Å²) in [5, 5.41) is 0.505. The van der Waals surface area contributed by atoms with Crippen molar-refractivity contribution in [1.29, 1.82) is 0 Å². The summed E-state index contributed by atoms with van der Waals surface area (Å²) in [5.74, 6) is -1.43. The molecule has 1 heterocycles. The Labute approximate surface area is 149 Å². The van der Waals surface area contributed by atoms with Crippen LogP contribution in [0.4, 0.5) is 0 Å². The summed E-state index contributed by atoms with van der Waals surface area (Å²) in [6, 6.07) is 11.4. The standard InChI is InChI=1S/C19H14ClNO4/c1-2-9-21-17(22)14-8-7-12(10-15(14)18(21)23)19(24)25-11-13-5-3-4-6-16(13)20/h2-8,10H,1,9,11H2. The van der Waals surface area contributed by atoms with Crippen LogP contribution in [-0.2, 0) is 11.3 Å². The number of hydrogen-bond donors (Lipinski definition) is 0. The second-order valence-corrected chi connectivity index (χ2v) is 5.84. The highest BCUT2D eigenvalue weighted by molar-refractivity contribution is 6.31. The van der Waals surface area contributed by atoms with Crippen LogP contribution in [0.25, 0.3) is 0 Å². The quantitative estimate of drug-likeness (QED) is 0.468. The maximum absolute atomic E-state index is 12.3. The molecule has 0 radical (unpaired) electrons. The van der Waals surface area contributed by atoms with Gasteiger partial charge in [0.2, 0.25) is 0 Å². The van der Waals surface area contributed by atoms with Crippen molar-refractivity contribution >= 4 is 29.4 Å². The summed E-state index contributed by atoms with van der Waals surface area (Å²) in [6.45, 7) is 3.67. The molecule has 0 N–H and O–H groups in total. The van der Waals surface area contributed by atoms with Crippen LogP contribution in [0.2, 0.25) is 5.02 Å². The first-order valence-electron chi connectivity index (χ1n) is 7.54. The van der Waals surface area contributed by atoms with Crippen molar-refractivity contribution < 1.29 is 19.1 Å². The normalized spacial score (nSPS) is 12.9. The van der Waals surface area contributed by atoms with E-state index in [2.05, 4.69) is 6.58 Å². The van der Waals surface area contributed by atoms with Gasteiger partial charge in [-0.25, -0.2) is 4.79 Å². The number of ether oxygens (including phenoxy) is 1. The maximum Gasteiger partial charge on any atom is 0.338 e. The third kappa shape index (κ3) is 3.19. The molecule has 0 bridgehead atoms. The largest absolute Gasteiger partial charge is 0.457 e. The summed E-state index contributed by atoms with van der Waals surface area (Å²) in [7, 11) is 0. The number of carbonyl (C=O) groups excluding carboxylic acids is 3. The third-order valence-electron chi connectivity index (χ3n) is 3.83. The molecule has 0 spiro atoms. The zero-order valence-corrected chi connectivity index (χ0v) is 14.0. The predicted molar refractivity (Wildman–Crippen MR) is 92.6 cm³/mol. The topological polar surface area (TPSA) is 63.7 Å². The lowest BCUT2D eigenvalue weighted by Crippen LogP contribution is -2.29. The average molecular weight is 356 g/mol. The van der Waals surface area contributed by atoms with Crippen LogP contribution in [0.15, 0.2) is 55.1 Å². The Hall–Kier alpha value is -2.92. The molecular formula is C19H14ClNO4. The second-order valence-electron chi connectivity index (χ2n) is 5.44. The van der Waals surface area contributed by atoms with E-state index in [0.717, 1.165) is 4.90 Å². The van der Waals surface area contributed by atoms with Crippen LogP contribution in [0.3, 0.4) is 0 Å². The van der Waals surface area contributed by atoms with Gasteiger partial charge in [-0.2, -0.15) is 0 Å². The van der Waals surface area contributed by atoms with Gasteiger partial charge in [-0.3, -0.25) is 14.5 Å². The molecule has 3 rings (SSSR count). The molecule has 25 heavy (non-hydrogen) atoms. The molecule has 0 saturated carbocycles. The molecule has 2 amide bonds. The van der Waals surface area contributed by atoms with Crippen molar-refractivity contribution in [2.45, 2.75) is 6.61 Å². The minimum absolute atomic E-state index is 0.0189. The minimum atomic E-state index is -0.592. The molecule has 1 aliphatic rings. The minimum Gasteiger partial charge on any atom is -0.457 e. The SMILES string of the molecule is C=CCN1C(=O)c2ccc(C(=O)OCc3ccccc3Cl)cc2C1=O. The molecule has 6 heteroatoms. The first kappa shape index (κ1) is 16.9. The maximum atomic E-state index is 12.3. The van der Waals surface area contributed by atoms with E-state index in [9.17, 15) is 14.4 Å². The average Bonchev–Trinajstić information content (AvgIpc) is 2.85. The number of benzene rings is 2. The highest BCUT2D eigenvalue weighted by Crippen LogP contribution is 2.24. The van der Waals surface area contributed by atoms with E-state index in [-0.39, 0.29) is 29.8 Å². The highest BCUT2D eigenvalue weighted by atomic mass is 35.5. The summed E-state index contributed by atoms with van der Waals surface area (Å²) >= 11 is 6.02. The van der Waals surface area contributed by atoms with E-state index in [0.29, 0.717) is 10.6 Å². The monoisotopic (exact) mass is 355 g/mol. The molecule has 0 aliphatic carbocycles. The number of halogens is 1. The van der Waals surface area contributed by atoms with Gasteiger partial charge < -0.3 is 4.74 Å². The fourth-order valence-corrected chi connectivity index (χ4v) is 2.74. The van der Waals surface area contributed by atoms with Gasteiger partial charge in [0.05, 0.1) is 16.7 Å². The van der Waals surface area contributed by atoms with Gasteiger partial charge in [0, 0.05) is 17.1 Å². The lowest BCUT2D eigenvalue weighted by molar-refractivity contribution is 0.0472. The number of fused-ring (bicyclic) bond motifs is 1. The fourth-order valence-electron chi connectivity index (χ4n) is 2.55. The van der Waals surface area contributed by atoms with Gasteiger partial charge >= 0.3 is 5.97 Å². The van der Waals surface area contributed by atoms with Crippen molar-refractivity contribution in [2.24, 2.45) is 0 Å². The Kier molecular flexibility index (Phi) is 4.67. The molecule has 0 saturated heterocycles. The molecule has 0 unspecified atom stereocenters. The molecule has 126 valence electrons. The number of nitrogens with zero attached hydrogens (tertiary/aromatic N) is 1. The van der Waals surface area contributed by atoms with Crippen molar-refractivity contribution in [2.75, 3.05) is 6.54 Å². The zero-order valence-electron chi connectivity index (χ0n) is 13.2. The smallest absolute Gasteiger partial charge is 0.338 e. The third-order valence-corrected chi connectivity index (χ3v) is 4.20. The van der Waals surface area contributed by atoms with Crippen molar-refractivity contribution in [3.63, 3.8) is 0 Å². The molecule has 0 fully saturated rings. The molecular weight excluding hydrogens is 342 g/mol. The Morgan fingerprint density at radius 2 is 1.84 bits per heavy atom. The van der Waals surface area contributed by atoms with E-state index in [1.165, 1.54) is 24.3 Å². The van der Waals surface area contributed by atoms with Crippen LogP contribution < -0.4 is 0 Å². The van der Waals surface area contributed by atoms with E-state index in [1.54, 1.807) is 24.3 Å². The molecule has 0 atom stereocenters. The van der Waals surface area contributed by atoms with Gasteiger partial charge in [0.1, 0.15) is 6.61 Å². The van der Waals surface area contributed by atoms with Gasteiger partial charge in [0.25, 0.3) is 11.8 Å². The lowest BCUT2D eigenvalue weighted by Gasteiger charge is -2.09. The Bertz CT molecular complexity index is 891. The number of esters is 1. The van der Waals surface area contributed by atoms with E-state index in [1.807, 2.05) is 0 Å². The number of hydrogen-bond acceptors (Lipinski definition) is 4. The first-order chi connectivity index (χ1) is 12.0. The summed E-state index contributed by atoms with van der Waals surface area (Å²) in [6.07, 6.45) is 1.47. The second kappa shape index (κ2) is 6.91. The van der Waals surface area contributed by atoms with Crippen LogP contribution in [0.1, 0.15) is 36.6 Å². The lowest BCUT2D eigenvalue weighted by atomic mass is 10.1. The molecule has 1 aliphatic heterocycles. The zero-order chi connectivity index (χ0) is 18.0. The molecule has 5 nitrogen and oxygen atoms in total. The van der Waals surface area contributed by atoms with E-state index < -0.39 is 17.8 Å². The van der Waals surface area contributed by atoms with Crippen molar-refractivity contribution in [1.82, 2.24) is 4.90 Å². The van der Waals surface area contributed by atoms with Crippen LogP contribution in [0, 0.1) is 0 Å². The van der Waals surface area contributed by atoms with Crippen molar-refractivity contribution in [3.8, 4) is 0 Å². The fraction of sp³-hybridized carbons (Fsp3) is 0.105. The predicted octanol–water partition coefficient (Wildman–Crippen LogP) is 3.48. The molecule has 2 aromatic rings. The van der Waals surface area contributed by atoms with Gasteiger partial charge in [-0.15, -0.1) is 6.58 Å². The Morgan fingerprint density at radius 3 is 2.56 bits per heavy atom. The number of carbonyl (C=O) groups is 3. The Morgan fingerprint density at radius 1 is 1.12 bits per heavy atom. The highest BCUT2D eigenvalue weighted by Gasteiger charge is 2.35. The van der Waals surface area contributed by atoms with E-state index in [4.69, 9.17) is 16.3 Å². The summed E-state index contributed by atoms with van der Waals surface area (Å²) < 4.78 is 5.24. The van der Waals surface area contributed by atoms with Gasteiger partial charge in [-0.05, 0) is 24.3 Å². The van der Waals surface area contributed by atoms with E-state index >= 15 is 0 Å².